The molecule has 1 amide bonds. The summed E-state index contributed by atoms with van der Waals surface area (Å²) in [6.07, 6.45) is 3.24. The minimum absolute atomic E-state index is 0.0725. The van der Waals surface area contributed by atoms with Gasteiger partial charge in [0.15, 0.2) is 0 Å². The lowest BCUT2D eigenvalue weighted by molar-refractivity contribution is -0.114. The van der Waals surface area contributed by atoms with Crippen molar-refractivity contribution in [3.8, 4) is 0 Å². The summed E-state index contributed by atoms with van der Waals surface area (Å²) in [7, 11) is 0. The van der Waals surface area contributed by atoms with Crippen molar-refractivity contribution in [2.45, 2.75) is 13.5 Å². The van der Waals surface area contributed by atoms with E-state index >= 15 is 0 Å². The minimum atomic E-state index is -0.0725. The Morgan fingerprint density at radius 3 is 2.50 bits per heavy atom. The number of rotatable bonds is 4. The Kier molecular flexibility index (Phi) is 3.86. The predicted molar refractivity (Wildman–Crippen MR) is 70.1 cm³/mol. The Bertz CT molecular complexity index is 510. The van der Waals surface area contributed by atoms with Crippen LogP contribution >= 0.6 is 0 Å². The molecule has 1 aromatic heterocycles. The van der Waals surface area contributed by atoms with E-state index in [1.807, 2.05) is 30.3 Å². The van der Waals surface area contributed by atoms with Gasteiger partial charge in [0.2, 0.25) is 5.91 Å². The number of nitrogens with one attached hydrogen (secondary N) is 2. The lowest BCUT2D eigenvalue weighted by Crippen LogP contribution is -2.06. The summed E-state index contributed by atoms with van der Waals surface area (Å²) in [6.45, 7) is 2.13. The number of hydrogen-bond donors (Lipinski definition) is 2. The van der Waals surface area contributed by atoms with Crippen molar-refractivity contribution in [2.75, 3.05) is 10.6 Å². The number of aromatic nitrogens is 2. The fourth-order valence-corrected chi connectivity index (χ4v) is 1.49. The molecule has 0 fully saturated rings. The maximum Gasteiger partial charge on any atom is 0.221 e. The van der Waals surface area contributed by atoms with Crippen LogP contribution < -0.4 is 10.6 Å². The van der Waals surface area contributed by atoms with Gasteiger partial charge in [-0.25, -0.2) is 9.97 Å². The summed E-state index contributed by atoms with van der Waals surface area (Å²) in [4.78, 5) is 18.8. The van der Waals surface area contributed by atoms with E-state index in [4.69, 9.17) is 0 Å². The number of anilines is 2. The number of hydrogen-bond acceptors (Lipinski definition) is 4. The van der Waals surface area contributed by atoms with Crippen LogP contribution in [-0.2, 0) is 11.3 Å². The third kappa shape index (κ3) is 3.55. The molecule has 0 aliphatic rings. The van der Waals surface area contributed by atoms with E-state index in [1.54, 1.807) is 6.20 Å². The molecule has 0 bridgehead atoms. The van der Waals surface area contributed by atoms with Crippen LogP contribution in [0.25, 0.3) is 0 Å². The molecule has 0 saturated heterocycles. The monoisotopic (exact) mass is 242 g/mol. The van der Waals surface area contributed by atoms with Gasteiger partial charge < -0.3 is 10.6 Å². The second-order valence-corrected chi connectivity index (χ2v) is 3.81. The highest BCUT2D eigenvalue weighted by Gasteiger charge is 1.97. The summed E-state index contributed by atoms with van der Waals surface area (Å²) >= 11 is 0. The van der Waals surface area contributed by atoms with Crippen LogP contribution in [0.3, 0.4) is 0 Å². The van der Waals surface area contributed by atoms with Crippen LogP contribution in [0.2, 0.25) is 0 Å². The standard InChI is InChI=1S/C13H14N4O/c1-10(18)17-12-4-2-11(3-5-12)15-8-13-6-7-14-9-16-13/h2-7,9,15H,8H2,1H3,(H,17,18). The lowest BCUT2D eigenvalue weighted by atomic mass is 10.2. The maximum atomic E-state index is 10.9. The molecule has 0 saturated carbocycles. The summed E-state index contributed by atoms with van der Waals surface area (Å²) in [5, 5.41) is 5.96. The van der Waals surface area contributed by atoms with Crippen molar-refractivity contribution in [3.63, 3.8) is 0 Å². The van der Waals surface area contributed by atoms with Gasteiger partial charge in [0.25, 0.3) is 0 Å². The molecule has 0 radical (unpaired) electrons. The van der Waals surface area contributed by atoms with E-state index in [2.05, 4.69) is 20.6 Å². The SMILES string of the molecule is CC(=O)Nc1ccc(NCc2ccncn2)cc1. The van der Waals surface area contributed by atoms with E-state index in [0.29, 0.717) is 6.54 Å². The Morgan fingerprint density at radius 1 is 1.17 bits per heavy atom. The first-order chi connectivity index (χ1) is 8.74. The predicted octanol–water partition coefficient (Wildman–Crippen LogP) is 2.05. The van der Waals surface area contributed by atoms with Gasteiger partial charge in [-0.15, -0.1) is 0 Å². The summed E-state index contributed by atoms with van der Waals surface area (Å²) in [5.74, 6) is -0.0725. The summed E-state index contributed by atoms with van der Waals surface area (Å²) in [6, 6.07) is 9.38. The molecular weight excluding hydrogens is 228 g/mol. The van der Waals surface area contributed by atoms with Crippen molar-refractivity contribution >= 4 is 17.3 Å². The quantitative estimate of drug-likeness (QED) is 0.861. The largest absolute Gasteiger partial charge is 0.379 e. The fourth-order valence-electron chi connectivity index (χ4n) is 1.49. The van der Waals surface area contributed by atoms with Gasteiger partial charge in [-0.05, 0) is 30.3 Å². The minimum Gasteiger partial charge on any atom is -0.379 e. The molecule has 0 aliphatic carbocycles. The highest BCUT2D eigenvalue weighted by Crippen LogP contribution is 2.14. The Balaban J connectivity index is 1.92. The number of carbonyl (C=O) groups is 1. The molecule has 18 heavy (non-hydrogen) atoms. The molecule has 0 aliphatic heterocycles. The van der Waals surface area contributed by atoms with E-state index in [9.17, 15) is 4.79 Å². The fraction of sp³-hybridized carbons (Fsp3) is 0.154. The Labute approximate surface area is 105 Å². The van der Waals surface area contributed by atoms with Gasteiger partial charge in [0.1, 0.15) is 6.33 Å². The molecule has 0 atom stereocenters. The van der Waals surface area contributed by atoms with Crippen molar-refractivity contribution < 1.29 is 4.79 Å². The smallest absolute Gasteiger partial charge is 0.221 e. The highest BCUT2D eigenvalue weighted by atomic mass is 16.1. The van der Waals surface area contributed by atoms with Crippen molar-refractivity contribution in [1.82, 2.24) is 9.97 Å². The first-order valence-electron chi connectivity index (χ1n) is 5.60. The third-order valence-electron chi connectivity index (χ3n) is 2.32. The molecule has 0 spiro atoms. The third-order valence-corrected chi connectivity index (χ3v) is 2.32. The van der Waals surface area contributed by atoms with Gasteiger partial charge in [-0.1, -0.05) is 0 Å². The summed E-state index contributed by atoms with van der Waals surface area (Å²) in [5.41, 5.74) is 2.69. The molecule has 92 valence electrons. The zero-order chi connectivity index (χ0) is 12.8. The number of carbonyl (C=O) groups excluding carboxylic acids is 1. The van der Waals surface area contributed by atoms with Crippen molar-refractivity contribution in [2.24, 2.45) is 0 Å². The Morgan fingerprint density at radius 2 is 1.89 bits per heavy atom. The molecule has 2 rings (SSSR count). The van der Waals surface area contributed by atoms with Crippen LogP contribution in [0, 0.1) is 0 Å². The van der Waals surface area contributed by atoms with Gasteiger partial charge in [0.05, 0.1) is 12.2 Å². The average molecular weight is 242 g/mol. The van der Waals surface area contributed by atoms with Gasteiger partial charge in [-0.3, -0.25) is 4.79 Å². The van der Waals surface area contributed by atoms with Crippen LogP contribution in [-0.4, -0.2) is 15.9 Å². The molecular formula is C13H14N4O. The summed E-state index contributed by atoms with van der Waals surface area (Å²) < 4.78 is 0. The van der Waals surface area contributed by atoms with E-state index in [1.165, 1.54) is 13.3 Å². The molecule has 0 unspecified atom stereocenters. The topological polar surface area (TPSA) is 66.9 Å². The van der Waals surface area contributed by atoms with Gasteiger partial charge in [-0.2, -0.15) is 0 Å². The highest BCUT2D eigenvalue weighted by molar-refractivity contribution is 5.88. The van der Waals surface area contributed by atoms with Crippen molar-refractivity contribution in [3.05, 3.63) is 48.5 Å². The zero-order valence-corrected chi connectivity index (χ0v) is 10.1. The van der Waals surface area contributed by atoms with E-state index in [-0.39, 0.29) is 5.91 Å². The van der Waals surface area contributed by atoms with Gasteiger partial charge in [0, 0.05) is 24.5 Å². The average Bonchev–Trinajstić information content (AvgIpc) is 2.38. The number of amides is 1. The maximum absolute atomic E-state index is 10.9. The van der Waals surface area contributed by atoms with Crippen LogP contribution in [0.5, 0.6) is 0 Å². The van der Waals surface area contributed by atoms with Crippen molar-refractivity contribution in [1.29, 1.82) is 0 Å². The van der Waals surface area contributed by atoms with Crippen LogP contribution in [0.15, 0.2) is 42.9 Å². The molecule has 2 aromatic rings. The van der Waals surface area contributed by atoms with Gasteiger partial charge >= 0.3 is 0 Å². The molecule has 5 heteroatoms. The second kappa shape index (κ2) is 5.77. The zero-order valence-electron chi connectivity index (χ0n) is 10.1. The number of nitrogens with zero attached hydrogens (tertiary/aromatic N) is 2. The number of benzene rings is 1. The first-order valence-corrected chi connectivity index (χ1v) is 5.60. The first kappa shape index (κ1) is 12.0. The second-order valence-electron chi connectivity index (χ2n) is 3.81. The molecule has 2 N–H and O–H groups in total. The Hall–Kier alpha value is -2.43. The van der Waals surface area contributed by atoms with E-state index < -0.39 is 0 Å². The van der Waals surface area contributed by atoms with Crippen LogP contribution in [0.1, 0.15) is 12.6 Å². The normalized spacial score (nSPS) is 9.83. The molecule has 1 aromatic carbocycles. The molecule has 1 heterocycles. The molecule has 5 nitrogen and oxygen atoms in total. The van der Waals surface area contributed by atoms with Crippen LogP contribution in [0.4, 0.5) is 11.4 Å². The lowest BCUT2D eigenvalue weighted by Gasteiger charge is -2.07. The van der Waals surface area contributed by atoms with E-state index in [0.717, 1.165) is 17.1 Å².